The van der Waals surface area contributed by atoms with Gasteiger partial charge in [0.05, 0.1) is 5.39 Å². The first-order valence-corrected chi connectivity index (χ1v) is 11.2. The average Bonchev–Trinajstić information content (AvgIpc) is 3.45. The van der Waals surface area contributed by atoms with Gasteiger partial charge in [0.15, 0.2) is 5.58 Å². The van der Waals surface area contributed by atoms with Crippen molar-refractivity contribution in [1.29, 1.82) is 0 Å². The number of para-hydroxylation sites is 2. The van der Waals surface area contributed by atoms with Crippen molar-refractivity contribution in [1.82, 2.24) is 0 Å². The summed E-state index contributed by atoms with van der Waals surface area (Å²) in [7, 11) is 2.14. The summed E-state index contributed by atoms with van der Waals surface area (Å²) in [5.41, 5.74) is 7.32. The number of rotatable bonds is 1. The van der Waals surface area contributed by atoms with Crippen LogP contribution in [0.3, 0.4) is 0 Å². The lowest BCUT2D eigenvalue weighted by Crippen LogP contribution is -2.28. The van der Waals surface area contributed by atoms with Crippen molar-refractivity contribution in [3.63, 3.8) is 0 Å². The molecule has 4 heteroatoms. The summed E-state index contributed by atoms with van der Waals surface area (Å²) in [4.78, 5) is 0. The molecule has 0 aliphatic rings. The van der Waals surface area contributed by atoms with Gasteiger partial charge in [-0.3, -0.25) is 0 Å². The molecular weight excluding hydrogens is 402 g/mol. The van der Waals surface area contributed by atoms with Gasteiger partial charge in [0.1, 0.15) is 34.1 Å². The fraction of sp³-hybridized carbons (Fsp3) is 0.0741. The maximum absolute atomic E-state index is 6.39. The Hall–Kier alpha value is -3.63. The molecule has 0 aliphatic heterocycles. The molecule has 0 unspecified atom stereocenters. The Kier molecular flexibility index (Phi) is 3.29. The van der Waals surface area contributed by atoms with Crippen molar-refractivity contribution in [2.75, 3.05) is 0 Å². The van der Waals surface area contributed by atoms with Crippen LogP contribution in [-0.2, 0) is 7.05 Å². The Bertz CT molecular complexity index is 1820. The molecule has 31 heavy (non-hydrogen) atoms. The van der Waals surface area contributed by atoms with Crippen molar-refractivity contribution < 1.29 is 13.4 Å². The van der Waals surface area contributed by atoms with Crippen LogP contribution in [0.25, 0.3) is 64.7 Å². The summed E-state index contributed by atoms with van der Waals surface area (Å²) >= 11 is 1.81. The quantitative estimate of drug-likeness (QED) is 0.257. The average molecular weight is 421 g/mol. The van der Waals surface area contributed by atoms with E-state index < -0.39 is 0 Å². The third-order valence-corrected chi connectivity index (χ3v) is 7.60. The number of hydrogen-bond donors (Lipinski definition) is 0. The van der Waals surface area contributed by atoms with E-state index in [1.807, 2.05) is 35.6 Å². The smallest absolute Gasteiger partial charge is 0.273 e. The third-order valence-electron chi connectivity index (χ3n) is 6.31. The predicted octanol–water partition coefficient (Wildman–Crippen LogP) is 7.50. The summed E-state index contributed by atoms with van der Waals surface area (Å²) in [6.45, 7) is 2.16. The molecule has 0 aliphatic carbocycles. The maximum atomic E-state index is 6.39. The van der Waals surface area contributed by atoms with Crippen LogP contribution in [0.5, 0.6) is 0 Å². The summed E-state index contributed by atoms with van der Waals surface area (Å²) in [6.07, 6.45) is 0. The minimum absolute atomic E-state index is 0.927. The molecule has 3 nitrogen and oxygen atoms in total. The van der Waals surface area contributed by atoms with Gasteiger partial charge in [-0.15, -0.1) is 0 Å². The number of furan rings is 2. The molecule has 3 heterocycles. The molecule has 4 aromatic carbocycles. The molecule has 7 aromatic rings. The van der Waals surface area contributed by atoms with Gasteiger partial charge in [-0.05, 0) is 30.7 Å². The zero-order valence-electron chi connectivity index (χ0n) is 17.1. The van der Waals surface area contributed by atoms with Gasteiger partial charge in [-0.2, -0.15) is 4.57 Å². The SMILES string of the molecule is Cc1ccc2c(oc3ccccc32)c1-c1sc2c3c(ccc2[n+]1C)oc1ccccc13. The first-order valence-electron chi connectivity index (χ1n) is 10.3. The molecule has 3 aromatic heterocycles. The van der Waals surface area contributed by atoms with Crippen LogP contribution in [-0.4, -0.2) is 0 Å². The highest BCUT2D eigenvalue weighted by atomic mass is 32.1. The minimum Gasteiger partial charge on any atom is -0.456 e. The summed E-state index contributed by atoms with van der Waals surface area (Å²) in [6, 6.07) is 25.2. The first kappa shape index (κ1) is 17.1. The second-order valence-corrected chi connectivity index (χ2v) is 9.08. The lowest BCUT2D eigenvalue weighted by atomic mass is 10.0. The van der Waals surface area contributed by atoms with Crippen LogP contribution in [0, 0.1) is 6.92 Å². The molecule has 0 radical (unpaired) electrons. The van der Waals surface area contributed by atoms with Crippen LogP contribution in [0.2, 0.25) is 0 Å². The monoisotopic (exact) mass is 420 g/mol. The van der Waals surface area contributed by atoms with Gasteiger partial charge in [-0.25, -0.2) is 0 Å². The van der Waals surface area contributed by atoms with Gasteiger partial charge >= 0.3 is 0 Å². The molecule has 0 saturated heterocycles. The zero-order valence-corrected chi connectivity index (χ0v) is 17.9. The van der Waals surface area contributed by atoms with Crippen LogP contribution in [0.4, 0.5) is 0 Å². The Labute approximate surface area is 181 Å². The molecule has 0 amide bonds. The maximum Gasteiger partial charge on any atom is 0.273 e. The molecule has 148 valence electrons. The second-order valence-electron chi connectivity index (χ2n) is 8.08. The molecule has 7 rings (SSSR count). The van der Waals surface area contributed by atoms with Gasteiger partial charge in [0, 0.05) is 22.2 Å². The molecule has 0 saturated carbocycles. The van der Waals surface area contributed by atoms with Gasteiger partial charge < -0.3 is 8.83 Å². The standard InChI is InChI=1S/C27H18NO2S/c1-15-11-12-17-16-7-3-5-9-20(16)30-25(17)23(15)27-28(2)19-13-14-22-24(26(19)31-27)18-8-4-6-10-21(18)29-22/h3-14H,1-2H3/q+1. The normalized spacial score (nSPS) is 12.2. The number of hydrogen-bond acceptors (Lipinski definition) is 3. The van der Waals surface area contributed by atoms with E-state index in [0.29, 0.717) is 0 Å². The topological polar surface area (TPSA) is 30.2 Å². The van der Waals surface area contributed by atoms with Crippen molar-refractivity contribution in [2.45, 2.75) is 6.92 Å². The summed E-state index contributed by atoms with van der Waals surface area (Å²) < 4.78 is 16.0. The van der Waals surface area contributed by atoms with Crippen molar-refractivity contribution in [2.24, 2.45) is 7.05 Å². The van der Waals surface area contributed by atoms with Gasteiger partial charge in [0.2, 0.25) is 5.52 Å². The van der Waals surface area contributed by atoms with Gasteiger partial charge in [-0.1, -0.05) is 59.9 Å². The van der Waals surface area contributed by atoms with Crippen LogP contribution in [0.1, 0.15) is 5.56 Å². The number of fused-ring (bicyclic) bond motifs is 8. The predicted molar refractivity (Wildman–Crippen MR) is 128 cm³/mol. The van der Waals surface area contributed by atoms with E-state index in [0.717, 1.165) is 38.5 Å². The Balaban J connectivity index is 1.63. The summed E-state index contributed by atoms with van der Waals surface area (Å²) in [5, 5.41) is 5.86. The number of nitrogens with zero attached hydrogens (tertiary/aromatic N) is 1. The minimum atomic E-state index is 0.927. The summed E-state index contributed by atoms with van der Waals surface area (Å²) in [5.74, 6) is 0. The van der Waals surface area contributed by atoms with Crippen LogP contribution >= 0.6 is 11.3 Å². The number of benzene rings is 4. The Morgan fingerprint density at radius 3 is 2.29 bits per heavy atom. The second kappa shape index (κ2) is 5.96. The van der Waals surface area contributed by atoms with Crippen LogP contribution < -0.4 is 4.57 Å². The van der Waals surface area contributed by atoms with E-state index in [-0.39, 0.29) is 0 Å². The molecular formula is C27H18NO2S+. The molecule has 0 atom stereocenters. The van der Waals surface area contributed by atoms with E-state index >= 15 is 0 Å². The van der Waals surface area contributed by atoms with Crippen LogP contribution in [0.15, 0.2) is 81.6 Å². The van der Waals surface area contributed by atoms with Gasteiger partial charge in [0.25, 0.3) is 5.01 Å². The van der Waals surface area contributed by atoms with E-state index in [1.54, 1.807) is 0 Å². The fourth-order valence-corrected chi connectivity index (χ4v) is 6.19. The van der Waals surface area contributed by atoms with E-state index in [1.165, 1.54) is 31.7 Å². The van der Waals surface area contributed by atoms with E-state index in [2.05, 4.69) is 67.1 Å². The van der Waals surface area contributed by atoms with Crippen molar-refractivity contribution in [3.05, 3.63) is 78.4 Å². The molecule has 0 bridgehead atoms. The molecule has 0 spiro atoms. The lowest BCUT2D eigenvalue weighted by molar-refractivity contribution is -0.629. The third kappa shape index (κ3) is 2.20. The van der Waals surface area contributed by atoms with E-state index in [4.69, 9.17) is 8.83 Å². The first-order chi connectivity index (χ1) is 15.2. The largest absolute Gasteiger partial charge is 0.456 e. The Morgan fingerprint density at radius 2 is 1.45 bits per heavy atom. The molecule has 0 fully saturated rings. The Morgan fingerprint density at radius 1 is 0.710 bits per heavy atom. The van der Waals surface area contributed by atoms with Crippen molar-refractivity contribution >= 4 is 65.4 Å². The number of aromatic nitrogens is 1. The molecule has 0 N–H and O–H groups in total. The fourth-order valence-electron chi connectivity index (χ4n) is 4.79. The highest BCUT2D eigenvalue weighted by molar-refractivity contribution is 7.22. The van der Waals surface area contributed by atoms with Crippen molar-refractivity contribution in [3.8, 4) is 10.6 Å². The highest BCUT2D eigenvalue weighted by Crippen LogP contribution is 2.42. The highest BCUT2D eigenvalue weighted by Gasteiger charge is 2.27. The zero-order chi connectivity index (χ0) is 20.7. The number of thiazole rings is 1. The van der Waals surface area contributed by atoms with E-state index in [9.17, 15) is 0 Å². The number of aryl methyl sites for hydroxylation is 2. The lowest BCUT2D eigenvalue weighted by Gasteiger charge is -2.01.